The van der Waals surface area contributed by atoms with Crippen molar-refractivity contribution in [3.8, 4) is 5.75 Å². The number of hydrogen-bond donors (Lipinski definition) is 2. The average Bonchev–Trinajstić information content (AvgIpc) is 3.23. The molecule has 7 heteroatoms. The number of halogens is 1. The molecule has 0 radical (unpaired) electrons. The third-order valence-corrected chi connectivity index (χ3v) is 4.19. The first-order chi connectivity index (χ1) is 13.9. The second-order valence-corrected chi connectivity index (χ2v) is 7.05. The summed E-state index contributed by atoms with van der Waals surface area (Å²) in [7, 11) is 0. The van der Waals surface area contributed by atoms with E-state index in [1.165, 1.54) is 6.26 Å². The highest BCUT2D eigenvalue weighted by Gasteiger charge is 2.14. The Morgan fingerprint density at radius 3 is 2.48 bits per heavy atom. The summed E-state index contributed by atoms with van der Waals surface area (Å²) >= 11 is 6.03. The number of furan rings is 1. The monoisotopic (exact) mass is 412 g/mol. The maximum Gasteiger partial charge on any atom is 0.291 e. The standard InChI is InChI=1S/C22H21ClN2O4/c1-14(2)29-19-10-7-16(23)12-18(19)21(26)24-13-15-5-8-17(9-6-15)25-22(27)20-4-3-11-28-20/h3-12,14H,13H2,1-2H3,(H,24,26)(H,25,27). The summed E-state index contributed by atoms with van der Waals surface area (Å²) in [6, 6.07) is 15.4. The minimum atomic E-state index is -0.324. The van der Waals surface area contributed by atoms with Crippen molar-refractivity contribution in [3.63, 3.8) is 0 Å². The van der Waals surface area contributed by atoms with Crippen molar-refractivity contribution in [1.82, 2.24) is 5.32 Å². The molecule has 0 fully saturated rings. The van der Waals surface area contributed by atoms with Gasteiger partial charge in [-0.05, 0) is 61.9 Å². The molecule has 0 saturated heterocycles. The number of nitrogens with one attached hydrogen (secondary N) is 2. The number of hydrogen-bond acceptors (Lipinski definition) is 4. The number of ether oxygens (including phenoxy) is 1. The van der Waals surface area contributed by atoms with Crippen LogP contribution in [0.15, 0.2) is 65.3 Å². The molecule has 0 aliphatic heterocycles. The van der Waals surface area contributed by atoms with E-state index in [1.54, 1.807) is 42.5 Å². The Hall–Kier alpha value is -3.25. The minimum Gasteiger partial charge on any atom is -0.490 e. The van der Waals surface area contributed by atoms with Crippen LogP contribution in [0.3, 0.4) is 0 Å². The Kier molecular flexibility index (Phi) is 6.57. The first kappa shape index (κ1) is 20.5. The van der Waals surface area contributed by atoms with Crippen LogP contribution in [-0.2, 0) is 6.54 Å². The van der Waals surface area contributed by atoms with Crippen molar-refractivity contribution in [3.05, 3.63) is 82.8 Å². The lowest BCUT2D eigenvalue weighted by Gasteiger charge is -2.14. The zero-order valence-corrected chi connectivity index (χ0v) is 16.8. The van der Waals surface area contributed by atoms with Gasteiger partial charge in [-0.3, -0.25) is 9.59 Å². The molecule has 1 aromatic heterocycles. The van der Waals surface area contributed by atoms with Gasteiger partial charge in [-0.1, -0.05) is 23.7 Å². The van der Waals surface area contributed by atoms with Crippen LogP contribution in [0.4, 0.5) is 5.69 Å². The molecular formula is C22H21ClN2O4. The van der Waals surface area contributed by atoms with Gasteiger partial charge in [0.2, 0.25) is 0 Å². The topological polar surface area (TPSA) is 80.6 Å². The largest absolute Gasteiger partial charge is 0.490 e. The Morgan fingerprint density at radius 2 is 1.83 bits per heavy atom. The van der Waals surface area contributed by atoms with Gasteiger partial charge in [0.1, 0.15) is 5.75 Å². The maximum absolute atomic E-state index is 12.6. The highest BCUT2D eigenvalue weighted by Crippen LogP contribution is 2.24. The predicted molar refractivity (Wildman–Crippen MR) is 111 cm³/mol. The first-order valence-electron chi connectivity index (χ1n) is 9.10. The van der Waals surface area contributed by atoms with Crippen molar-refractivity contribution in [2.45, 2.75) is 26.5 Å². The van der Waals surface area contributed by atoms with Crippen LogP contribution in [0.25, 0.3) is 0 Å². The number of carbonyl (C=O) groups excluding carboxylic acids is 2. The van der Waals surface area contributed by atoms with Crippen molar-refractivity contribution in [2.24, 2.45) is 0 Å². The number of carbonyl (C=O) groups is 2. The van der Waals surface area contributed by atoms with Crippen molar-refractivity contribution >= 4 is 29.1 Å². The molecule has 2 N–H and O–H groups in total. The summed E-state index contributed by atoms with van der Waals surface area (Å²) in [5.74, 6) is 0.119. The van der Waals surface area contributed by atoms with Gasteiger partial charge in [-0.15, -0.1) is 0 Å². The summed E-state index contributed by atoms with van der Waals surface area (Å²) in [5.41, 5.74) is 1.89. The normalized spacial score (nSPS) is 10.6. The van der Waals surface area contributed by atoms with E-state index < -0.39 is 0 Å². The summed E-state index contributed by atoms with van der Waals surface area (Å²) in [5, 5.41) is 6.06. The Morgan fingerprint density at radius 1 is 1.07 bits per heavy atom. The predicted octanol–water partition coefficient (Wildman–Crippen LogP) is 4.90. The van der Waals surface area contributed by atoms with E-state index in [0.717, 1.165) is 5.56 Å². The van der Waals surface area contributed by atoms with Crippen LogP contribution in [0, 0.1) is 0 Å². The van der Waals surface area contributed by atoms with E-state index in [2.05, 4.69) is 10.6 Å². The highest BCUT2D eigenvalue weighted by atomic mass is 35.5. The molecule has 0 atom stereocenters. The molecule has 0 saturated carbocycles. The molecule has 2 amide bonds. The van der Waals surface area contributed by atoms with E-state index in [4.69, 9.17) is 20.8 Å². The van der Waals surface area contributed by atoms with Gasteiger partial charge in [-0.2, -0.15) is 0 Å². The van der Waals surface area contributed by atoms with Gasteiger partial charge in [0.05, 0.1) is 17.9 Å². The second-order valence-electron chi connectivity index (χ2n) is 6.62. The average molecular weight is 413 g/mol. The SMILES string of the molecule is CC(C)Oc1ccc(Cl)cc1C(=O)NCc1ccc(NC(=O)c2ccco2)cc1. The number of benzene rings is 2. The molecule has 0 bridgehead atoms. The fraction of sp³-hybridized carbons (Fsp3) is 0.182. The Balaban J connectivity index is 1.61. The molecule has 0 spiro atoms. The van der Waals surface area contributed by atoms with E-state index in [0.29, 0.717) is 28.6 Å². The van der Waals surface area contributed by atoms with Gasteiger partial charge in [0.25, 0.3) is 11.8 Å². The van der Waals surface area contributed by atoms with Gasteiger partial charge >= 0.3 is 0 Å². The third-order valence-electron chi connectivity index (χ3n) is 3.96. The van der Waals surface area contributed by atoms with Crippen molar-refractivity contribution < 1.29 is 18.7 Å². The van der Waals surface area contributed by atoms with Crippen LogP contribution in [0.2, 0.25) is 5.02 Å². The summed E-state index contributed by atoms with van der Waals surface area (Å²) in [4.78, 5) is 24.6. The lowest BCUT2D eigenvalue weighted by Crippen LogP contribution is -2.24. The maximum atomic E-state index is 12.6. The third kappa shape index (κ3) is 5.62. The summed E-state index contributed by atoms with van der Waals surface area (Å²) in [6.45, 7) is 4.10. The van der Waals surface area contributed by atoms with Gasteiger partial charge in [0.15, 0.2) is 5.76 Å². The first-order valence-corrected chi connectivity index (χ1v) is 9.48. The van der Waals surface area contributed by atoms with Crippen LogP contribution in [0.1, 0.15) is 40.3 Å². The lowest BCUT2D eigenvalue weighted by molar-refractivity contribution is 0.0944. The quantitative estimate of drug-likeness (QED) is 0.578. The smallest absolute Gasteiger partial charge is 0.291 e. The molecule has 1 heterocycles. The van der Waals surface area contributed by atoms with E-state index in [-0.39, 0.29) is 23.7 Å². The van der Waals surface area contributed by atoms with Crippen LogP contribution in [-0.4, -0.2) is 17.9 Å². The second kappa shape index (κ2) is 9.30. The minimum absolute atomic E-state index is 0.0633. The van der Waals surface area contributed by atoms with E-state index >= 15 is 0 Å². The molecule has 2 aromatic carbocycles. The Labute approximate surface area is 173 Å². The van der Waals surface area contributed by atoms with Crippen LogP contribution >= 0.6 is 11.6 Å². The number of rotatable bonds is 7. The van der Waals surface area contributed by atoms with Crippen molar-refractivity contribution in [1.29, 1.82) is 0 Å². The molecule has 3 aromatic rings. The molecule has 0 aliphatic rings. The van der Waals surface area contributed by atoms with Crippen LogP contribution < -0.4 is 15.4 Å². The number of amides is 2. The summed E-state index contributed by atoms with van der Waals surface area (Å²) < 4.78 is 10.8. The van der Waals surface area contributed by atoms with Crippen molar-refractivity contribution in [2.75, 3.05) is 5.32 Å². The number of anilines is 1. The van der Waals surface area contributed by atoms with Gasteiger partial charge in [-0.25, -0.2) is 0 Å². The molecule has 29 heavy (non-hydrogen) atoms. The molecule has 6 nitrogen and oxygen atoms in total. The van der Waals surface area contributed by atoms with Gasteiger partial charge < -0.3 is 19.8 Å². The van der Waals surface area contributed by atoms with E-state index in [1.807, 2.05) is 26.0 Å². The molecule has 0 aliphatic carbocycles. The molecule has 0 unspecified atom stereocenters. The zero-order chi connectivity index (χ0) is 20.8. The molecule has 150 valence electrons. The molecule has 3 rings (SSSR count). The Bertz CT molecular complexity index is 983. The van der Waals surface area contributed by atoms with E-state index in [9.17, 15) is 9.59 Å². The molecular weight excluding hydrogens is 392 g/mol. The van der Waals surface area contributed by atoms with Crippen LogP contribution in [0.5, 0.6) is 5.75 Å². The summed E-state index contributed by atoms with van der Waals surface area (Å²) in [6.07, 6.45) is 1.38. The zero-order valence-electron chi connectivity index (χ0n) is 16.1. The highest BCUT2D eigenvalue weighted by molar-refractivity contribution is 6.31. The fourth-order valence-electron chi connectivity index (χ4n) is 2.62. The fourth-order valence-corrected chi connectivity index (χ4v) is 2.79. The lowest BCUT2D eigenvalue weighted by atomic mass is 10.1. The van der Waals surface area contributed by atoms with Gasteiger partial charge in [0, 0.05) is 17.3 Å².